The van der Waals surface area contributed by atoms with Crippen LogP contribution < -0.4 is 10.9 Å². The van der Waals surface area contributed by atoms with E-state index in [0.29, 0.717) is 5.69 Å². The number of sulfone groups is 1. The lowest BCUT2D eigenvalue weighted by Crippen LogP contribution is -2.23. The molecular formula is C7H10N2O4S2. The Bertz CT molecular complexity index is 545. The van der Waals surface area contributed by atoms with E-state index in [1.54, 1.807) is 0 Å². The Morgan fingerprint density at radius 1 is 1.00 bits per heavy atom. The van der Waals surface area contributed by atoms with Crippen molar-refractivity contribution >= 4 is 25.5 Å². The highest BCUT2D eigenvalue weighted by Gasteiger charge is 2.20. The summed E-state index contributed by atoms with van der Waals surface area (Å²) in [7, 11) is -7.96. The lowest BCUT2D eigenvalue weighted by molar-refractivity contribution is 0.590. The molecule has 0 amide bonds. The predicted molar refractivity (Wildman–Crippen MR) is 56.0 cm³/mol. The van der Waals surface area contributed by atoms with Crippen molar-refractivity contribution < 1.29 is 16.8 Å². The number of primary sulfonamides is 1. The molecule has 0 aliphatic heterocycles. The van der Waals surface area contributed by atoms with Crippen LogP contribution in [0.25, 0.3) is 0 Å². The third-order valence-corrected chi connectivity index (χ3v) is 5.10. The highest BCUT2D eigenvalue weighted by atomic mass is 32.3. The van der Waals surface area contributed by atoms with Crippen LogP contribution in [-0.4, -0.2) is 21.9 Å². The van der Waals surface area contributed by atoms with Crippen LogP contribution in [0, 0.1) is 0 Å². The number of nitrogens with two attached hydrogens (primary N) is 2. The van der Waals surface area contributed by atoms with Gasteiger partial charge in [0.2, 0.25) is 10.0 Å². The molecule has 0 heterocycles. The van der Waals surface area contributed by atoms with Crippen molar-refractivity contribution in [3.05, 3.63) is 24.3 Å². The van der Waals surface area contributed by atoms with Crippen molar-refractivity contribution in [2.45, 2.75) is 4.90 Å². The molecule has 0 aliphatic rings. The first kappa shape index (κ1) is 12.0. The molecule has 0 saturated heterocycles. The van der Waals surface area contributed by atoms with E-state index in [0.717, 1.165) is 0 Å². The Balaban J connectivity index is 3.13. The van der Waals surface area contributed by atoms with Crippen molar-refractivity contribution in [3.8, 4) is 0 Å². The molecule has 0 bridgehead atoms. The van der Waals surface area contributed by atoms with Crippen molar-refractivity contribution in [2.75, 3.05) is 10.8 Å². The topological polar surface area (TPSA) is 120 Å². The van der Waals surface area contributed by atoms with E-state index >= 15 is 0 Å². The van der Waals surface area contributed by atoms with E-state index in [-0.39, 0.29) is 4.90 Å². The first-order valence-corrected chi connectivity index (χ1v) is 7.16. The van der Waals surface area contributed by atoms with Gasteiger partial charge in [-0.2, -0.15) is 0 Å². The van der Waals surface area contributed by atoms with Crippen molar-refractivity contribution in [2.24, 2.45) is 5.14 Å². The lowest BCUT2D eigenvalue weighted by atomic mass is 10.3. The molecule has 0 unspecified atom stereocenters. The van der Waals surface area contributed by atoms with Crippen LogP contribution >= 0.6 is 0 Å². The smallest absolute Gasteiger partial charge is 0.223 e. The second-order valence-corrected chi connectivity index (χ2v) is 6.93. The zero-order valence-electron chi connectivity index (χ0n) is 7.62. The number of sulfonamides is 1. The maximum absolute atomic E-state index is 11.5. The Morgan fingerprint density at radius 3 is 1.87 bits per heavy atom. The molecule has 84 valence electrons. The SMILES string of the molecule is Nc1ccc(S(=O)(=O)CS(N)(=O)=O)cc1. The molecule has 4 N–H and O–H groups in total. The molecule has 1 rings (SSSR count). The molecule has 8 heteroatoms. The Morgan fingerprint density at radius 2 is 1.47 bits per heavy atom. The van der Waals surface area contributed by atoms with Gasteiger partial charge >= 0.3 is 0 Å². The summed E-state index contributed by atoms with van der Waals surface area (Å²) in [5.41, 5.74) is 5.75. The lowest BCUT2D eigenvalue weighted by Gasteiger charge is -2.02. The summed E-state index contributed by atoms with van der Waals surface area (Å²) in [5.74, 6) is 0. The molecule has 15 heavy (non-hydrogen) atoms. The monoisotopic (exact) mass is 250 g/mol. The molecule has 0 aromatic heterocycles. The second-order valence-electron chi connectivity index (χ2n) is 2.96. The predicted octanol–water partition coefficient (Wildman–Crippen LogP) is -0.711. The van der Waals surface area contributed by atoms with Gasteiger partial charge in [-0.25, -0.2) is 22.0 Å². The summed E-state index contributed by atoms with van der Waals surface area (Å²) < 4.78 is 44.2. The van der Waals surface area contributed by atoms with Gasteiger partial charge in [0, 0.05) is 5.69 Å². The fourth-order valence-electron chi connectivity index (χ4n) is 0.959. The minimum atomic E-state index is -4.06. The van der Waals surface area contributed by atoms with E-state index in [9.17, 15) is 16.8 Å². The molecule has 1 aromatic carbocycles. The van der Waals surface area contributed by atoms with Crippen LogP contribution in [0.15, 0.2) is 29.2 Å². The average Bonchev–Trinajstić information content (AvgIpc) is 2.00. The number of nitrogen functional groups attached to an aromatic ring is 1. The van der Waals surface area contributed by atoms with Gasteiger partial charge in [-0.3, -0.25) is 0 Å². The third-order valence-electron chi connectivity index (χ3n) is 1.56. The van der Waals surface area contributed by atoms with E-state index in [4.69, 9.17) is 5.73 Å². The zero-order chi connectivity index (χ0) is 11.7. The van der Waals surface area contributed by atoms with E-state index in [1.807, 2.05) is 0 Å². The normalized spacial score (nSPS) is 12.6. The zero-order valence-corrected chi connectivity index (χ0v) is 9.25. The van der Waals surface area contributed by atoms with Crippen LogP contribution in [0.2, 0.25) is 0 Å². The number of anilines is 1. The minimum absolute atomic E-state index is 0.120. The standard InChI is InChI=1S/C7H10N2O4S2/c8-6-1-3-7(4-2-6)14(10,11)5-15(9,12)13/h1-4H,5,8H2,(H2,9,12,13). The summed E-state index contributed by atoms with van der Waals surface area (Å²) in [6, 6.07) is 5.21. The minimum Gasteiger partial charge on any atom is -0.399 e. The number of rotatable bonds is 3. The molecule has 1 aromatic rings. The van der Waals surface area contributed by atoms with Crippen molar-refractivity contribution in [1.82, 2.24) is 0 Å². The second kappa shape index (κ2) is 3.80. The van der Waals surface area contributed by atoms with Gasteiger partial charge in [0.05, 0.1) is 4.90 Å². The Labute approximate surface area is 87.9 Å². The summed E-state index contributed by atoms with van der Waals surface area (Å²) in [5, 5.41) is 3.55. The molecule has 0 fully saturated rings. The van der Waals surface area contributed by atoms with Gasteiger partial charge in [-0.05, 0) is 24.3 Å². The van der Waals surface area contributed by atoms with Crippen LogP contribution in [0.4, 0.5) is 5.69 Å². The summed E-state index contributed by atoms with van der Waals surface area (Å²) in [6.07, 6.45) is 0. The van der Waals surface area contributed by atoms with Gasteiger partial charge < -0.3 is 5.73 Å². The van der Waals surface area contributed by atoms with Gasteiger partial charge in [-0.15, -0.1) is 0 Å². The van der Waals surface area contributed by atoms with Crippen LogP contribution in [0.3, 0.4) is 0 Å². The maximum Gasteiger partial charge on any atom is 0.223 e. The number of benzene rings is 1. The molecule has 0 aliphatic carbocycles. The maximum atomic E-state index is 11.5. The first-order chi connectivity index (χ1) is 6.71. The molecule has 6 nitrogen and oxygen atoms in total. The van der Waals surface area contributed by atoms with E-state index < -0.39 is 24.9 Å². The fraction of sp³-hybridized carbons (Fsp3) is 0.143. The fourth-order valence-corrected chi connectivity index (χ4v) is 3.78. The Kier molecular flexibility index (Phi) is 3.03. The molecule has 0 atom stereocenters. The summed E-state index contributed by atoms with van der Waals surface area (Å²) >= 11 is 0. The van der Waals surface area contributed by atoms with Crippen LogP contribution in [-0.2, 0) is 19.9 Å². The quantitative estimate of drug-likeness (QED) is 0.686. The third kappa shape index (κ3) is 3.50. The van der Waals surface area contributed by atoms with E-state index in [2.05, 4.69) is 5.14 Å². The Hall–Kier alpha value is -1.12. The van der Waals surface area contributed by atoms with E-state index in [1.165, 1.54) is 24.3 Å². The molecule has 0 radical (unpaired) electrons. The largest absolute Gasteiger partial charge is 0.399 e. The first-order valence-electron chi connectivity index (χ1n) is 3.79. The summed E-state index contributed by atoms with van der Waals surface area (Å²) in [4.78, 5) is -0.120. The van der Waals surface area contributed by atoms with Gasteiger partial charge in [0.1, 0.15) is 0 Å². The van der Waals surface area contributed by atoms with Crippen LogP contribution in [0.5, 0.6) is 0 Å². The highest BCUT2D eigenvalue weighted by Crippen LogP contribution is 2.14. The van der Waals surface area contributed by atoms with Crippen molar-refractivity contribution in [1.29, 1.82) is 0 Å². The molecule has 0 spiro atoms. The number of hydrogen-bond acceptors (Lipinski definition) is 5. The van der Waals surface area contributed by atoms with Crippen LogP contribution in [0.1, 0.15) is 0 Å². The average molecular weight is 250 g/mol. The van der Waals surface area contributed by atoms with Gasteiger partial charge in [-0.1, -0.05) is 0 Å². The highest BCUT2D eigenvalue weighted by molar-refractivity contribution is 8.07. The molecular weight excluding hydrogens is 240 g/mol. The summed E-state index contributed by atoms with van der Waals surface area (Å²) in [6.45, 7) is 0. The van der Waals surface area contributed by atoms with Crippen molar-refractivity contribution in [3.63, 3.8) is 0 Å². The molecule has 0 saturated carbocycles. The van der Waals surface area contributed by atoms with Gasteiger partial charge in [0.15, 0.2) is 14.9 Å². The van der Waals surface area contributed by atoms with Gasteiger partial charge in [0.25, 0.3) is 0 Å². The number of hydrogen-bond donors (Lipinski definition) is 2.